The summed E-state index contributed by atoms with van der Waals surface area (Å²) < 4.78 is 38.2. The summed E-state index contributed by atoms with van der Waals surface area (Å²) in [6, 6.07) is 4.05. The SMILES string of the molecule is Cc1cccc(F)c1OS(N)(=O)=O. The van der Waals surface area contributed by atoms with Crippen LogP contribution in [0.4, 0.5) is 4.39 Å². The molecular weight excluding hydrogens is 197 g/mol. The monoisotopic (exact) mass is 205 g/mol. The van der Waals surface area contributed by atoms with E-state index in [2.05, 4.69) is 9.32 Å². The van der Waals surface area contributed by atoms with Crippen molar-refractivity contribution < 1.29 is 17.0 Å². The molecule has 0 spiro atoms. The van der Waals surface area contributed by atoms with Crippen LogP contribution in [0.15, 0.2) is 18.2 Å². The Balaban J connectivity index is 3.15. The first-order valence-corrected chi connectivity index (χ1v) is 4.84. The lowest BCUT2D eigenvalue weighted by molar-refractivity contribution is 0.460. The van der Waals surface area contributed by atoms with Crippen molar-refractivity contribution >= 4 is 10.3 Å². The molecule has 0 radical (unpaired) electrons. The Morgan fingerprint density at radius 3 is 2.54 bits per heavy atom. The van der Waals surface area contributed by atoms with Crippen molar-refractivity contribution in [3.8, 4) is 5.75 Å². The molecule has 6 heteroatoms. The fraction of sp³-hybridized carbons (Fsp3) is 0.143. The molecule has 1 aromatic rings. The Hall–Kier alpha value is -1.14. The molecule has 0 atom stereocenters. The highest BCUT2D eigenvalue weighted by atomic mass is 32.2. The van der Waals surface area contributed by atoms with Crippen molar-refractivity contribution in [1.82, 2.24) is 0 Å². The standard InChI is InChI=1S/C7H8FNO3S/c1-5-3-2-4-6(8)7(5)12-13(9,10)11/h2-4H,1H3,(H2,9,10,11). The molecule has 0 aliphatic rings. The summed E-state index contributed by atoms with van der Waals surface area (Å²) in [6.45, 7) is 1.52. The maximum atomic E-state index is 12.9. The topological polar surface area (TPSA) is 69.4 Å². The molecule has 4 nitrogen and oxygen atoms in total. The van der Waals surface area contributed by atoms with E-state index in [1.165, 1.54) is 19.1 Å². The molecule has 1 rings (SSSR count). The van der Waals surface area contributed by atoms with Gasteiger partial charge in [-0.1, -0.05) is 12.1 Å². The van der Waals surface area contributed by atoms with Crippen molar-refractivity contribution in [3.05, 3.63) is 29.6 Å². The van der Waals surface area contributed by atoms with Gasteiger partial charge >= 0.3 is 10.3 Å². The van der Waals surface area contributed by atoms with Crippen LogP contribution in [0.25, 0.3) is 0 Å². The number of aryl methyl sites for hydroxylation is 1. The number of halogens is 1. The van der Waals surface area contributed by atoms with Gasteiger partial charge in [0.25, 0.3) is 0 Å². The average Bonchev–Trinajstić information content (AvgIpc) is 1.95. The highest BCUT2D eigenvalue weighted by Crippen LogP contribution is 2.22. The smallest absolute Gasteiger partial charge is 0.368 e. The highest BCUT2D eigenvalue weighted by molar-refractivity contribution is 7.84. The summed E-state index contributed by atoms with van der Waals surface area (Å²) in [7, 11) is -4.16. The first-order valence-electron chi connectivity index (χ1n) is 3.37. The van der Waals surface area contributed by atoms with Crippen LogP contribution >= 0.6 is 0 Å². The van der Waals surface area contributed by atoms with E-state index in [0.717, 1.165) is 6.07 Å². The number of nitrogens with two attached hydrogens (primary N) is 1. The molecule has 0 unspecified atom stereocenters. The van der Waals surface area contributed by atoms with E-state index in [9.17, 15) is 12.8 Å². The Morgan fingerprint density at radius 1 is 1.46 bits per heavy atom. The van der Waals surface area contributed by atoms with Crippen LogP contribution in [0.5, 0.6) is 5.75 Å². The summed E-state index contributed by atoms with van der Waals surface area (Å²) in [5, 5.41) is 4.59. The molecule has 0 saturated heterocycles. The molecule has 0 amide bonds. The zero-order valence-electron chi connectivity index (χ0n) is 6.82. The largest absolute Gasteiger partial charge is 0.380 e. The zero-order chi connectivity index (χ0) is 10.1. The van der Waals surface area contributed by atoms with E-state index >= 15 is 0 Å². The van der Waals surface area contributed by atoms with Crippen molar-refractivity contribution in [2.24, 2.45) is 5.14 Å². The highest BCUT2D eigenvalue weighted by Gasteiger charge is 2.12. The second-order valence-corrected chi connectivity index (χ2v) is 3.61. The maximum Gasteiger partial charge on any atom is 0.380 e. The first kappa shape index (κ1) is 9.94. The van der Waals surface area contributed by atoms with E-state index in [1.54, 1.807) is 0 Å². The van der Waals surface area contributed by atoms with E-state index in [0.29, 0.717) is 5.56 Å². The summed E-state index contributed by atoms with van der Waals surface area (Å²) in [5.41, 5.74) is 0.369. The third-order valence-electron chi connectivity index (χ3n) is 1.36. The minimum absolute atomic E-state index is 0.356. The first-order chi connectivity index (χ1) is 5.90. The molecule has 2 N–H and O–H groups in total. The van der Waals surface area contributed by atoms with Crippen molar-refractivity contribution in [2.75, 3.05) is 0 Å². The molecule has 0 aliphatic heterocycles. The molecular formula is C7H8FNO3S. The van der Waals surface area contributed by atoms with Gasteiger partial charge in [0.1, 0.15) is 0 Å². The van der Waals surface area contributed by atoms with E-state index in [-0.39, 0.29) is 5.75 Å². The summed E-state index contributed by atoms with van der Waals surface area (Å²) in [6.07, 6.45) is 0. The number of rotatable bonds is 2. The van der Waals surface area contributed by atoms with E-state index in [1.807, 2.05) is 0 Å². The van der Waals surface area contributed by atoms with Crippen LogP contribution in [-0.4, -0.2) is 8.42 Å². The van der Waals surface area contributed by atoms with Gasteiger partial charge in [-0.15, -0.1) is 0 Å². The van der Waals surface area contributed by atoms with E-state index < -0.39 is 16.1 Å². The number of para-hydroxylation sites is 1. The molecule has 0 bridgehead atoms. The van der Waals surface area contributed by atoms with Crippen LogP contribution in [0.2, 0.25) is 0 Å². The minimum Gasteiger partial charge on any atom is -0.368 e. The lowest BCUT2D eigenvalue weighted by atomic mass is 10.2. The molecule has 13 heavy (non-hydrogen) atoms. The molecule has 72 valence electrons. The predicted molar refractivity (Wildman–Crippen MR) is 44.9 cm³/mol. The average molecular weight is 205 g/mol. The summed E-state index contributed by atoms with van der Waals surface area (Å²) in [5.74, 6) is -1.11. The summed E-state index contributed by atoms with van der Waals surface area (Å²) in [4.78, 5) is 0. The van der Waals surface area contributed by atoms with Gasteiger partial charge in [0.05, 0.1) is 0 Å². The zero-order valence-corrected chi connectivity index (χ0v) is 7.64. The second-order valence-electron chi connectivity index (χ2n) is 2.46. The lowest BCUT2D eigenvalue weighted by Gasteiger charge is -2.05. The third kappa shape index (κ3) is 2.67. The molecule has 0 saturated carbocycles. The van der Waals surface area contributed by atoms with Crippen LogP contribution in [-0.2, 0) is 10.3 Å². The lowest BCUT2D eigenvalue weighted by Crippen LogP contribution is -2.20. The third-order valence-corrected chi connectivity index (χ3v) is 1.76. The minimum atomic E-state index is -4.16. The Morgan fingerprint density at radius 2 is 2.08 bits per heavy atom. The van der Waals surface area contributed by atoms with Crippen LogP contribution in [0.1, 0.15) is 5.56 Å². The van der Waals surface area contributed by atoms with Gasteiger partial charge in [0, 0.05) is 0 Å². The quantitative estimate of drug-likeness (QED) is 0.773. The van der Waals surface area contributed by atoms with Gasteiger partial charge in [-0.25, -0.2) is 4.39 Å². The Kier molecular flexibility index (Phi) is 2.53. The fourth-order valence-electron chi connectivity index (χ4n) is 0.838. The predicted octanol–water partition coefficient (Wildman–Crippen LogP) is 0.716. The van der Waals surface area contributed by atoms with Gasteiger partial charge in [-0.05, 0) is 18.6 Å². The van der Waals surface area contributed by atoms with Crippen LogP contribution < -0.4 is 9.32 Å². The molecule has 1 aromatic carbocycles. The molecule has 0 fully saturated rings. The van der Waals surface area contributed by atoms with Crippen LogP contribution in [0.3, 0.4) is 0 Å². The summed E-state index contributed by atoms with van der Waals surface area (Å²) >= 11 is 0. The number of hydrogen-bond donors (Lipinski definition) is 1. The normalized spacial score (nSPS) is 11.3. The van der Waals surface area contributed by atoms with E-state index in [4.69, 9.17) is 0 Å². The fourth-order valence-corrected chi connectivity index (χ4v) is 1.28. The van der Waals surface area contributed by atoms with Crippen molar-refractivity contribution in [3.63, 3.8) is 0 Å². The van der Waals surface area contributed by atoms with Gasteiger partial charge in [0.2, 0.25) is 0 Å². The Labute approximate surface area is 75.4 Å². The second kappa shape index (κ2) is 3.31. The number of benzene rings is 1. The van der Waals surface area contributed by atoms with Crippen molar-refractivity contribution in [2.45, 2.75) is 6.92 Å². The van der Waals surface area contributed by atoms with Gasteiger partial charge < -0.3 is 4.18 Å². The van der Waals surface area contributed by atoms with Gasteiger partial charge in [0.15, 0.2) is 11.6 Å². The Bertz CT molecular complexity index is 395. The molecule has 0 aromatic heterocycles. The number of hydrogen-bond acceptors (Lipinski definition) is 3. The maximum absolute atomic E-state index is 12.9. The van der Waals surface area contributed by atoms with Crippen molar-refractivity contribution in [1.29, 1.82) is 0 Å². The van der Waals surface area contributed by atoms with Gasteiger partial charge in [-0.3, -0.25) is 0 Å². The molecule has 0 aliphatic carbocycles. The van der Waals surface area contributed by atoms with Crippen LogP contribution in [0, 0.1) is 12.7 Å². The van der Waals surface area contributed by atoms with Gasteiger partial charge in [-0.2, -0.15) is 13.6 Å². The molecule has 0 heterocycles.